The van der Waals surface area contributed by atoms with Gasteiger partial charge in [0.2, 0.25) is 6.79 Å². The van der Waals surface area contributed by atoms with Gasteiger partial charge in [-0.2, -0.15) is 13.2 Å². The molecule has 1 N–H and O–H groups in total. The Kier molecular flexibility index (Phi) is 5.15. The van der Waals surface area contributed by atoms with E-state index in [0.717, 1.165) is 10.6 Å². The van der Waals surface area contributed by atoms with Gasteiger partial charge < -0.3 is 24.6 Å². The lowest BCUT2D eigenvalue weighted by molar-refractivity contribution is -0.185. The number of benzene rings is 2. The SMILES string of the molecule is O=C(Nc1ccc(N2CCN(C(=O)C(F)(F)F)CC2)cc1)c1ccc2c(c1)OCO2. The fourth-order valence-corrected chi connectivity index (χ4v) is 3.34. The highest BCUT2D eigenvalue weighted by Gasteiger charge is 2.43. The van der Waals surface area contributed by atoms with Gasteiger partial charge >= 0.3 is 12.1 Å². The van der Waals surface area contributed by atoms with Gasteiger partial charge in [-0.05, 0) is 42.5 Å². The predicted molar refractivity (Wildman–Crippen MR) is 102 cm³/mol. The first-order valence-electron chi connectivity index (χ1n) is 9.23. The number of nitrogens with one attached hydrogen (secondary N) is 1. The number of anilines is 2. The second-order valence-corrected chi connectivity index (χ2v) is 6.85. The Balaban J connectivity index is 1.34. The minimum atomic E-state index is -4.85. The molecule has 0 aromatic heterocycles. The zero-order valence-electron chi connectivity index (χ0n) is 15.7. The van der Waals surface area contributed by atoms with E-state index in [0.29, 0.717) is 35.8 Å². The second kappa shape index (κ2) is 7.77. The number of nitrogens with zero attached hydrogens (tertiary/aromatic N) is 2. The Morgan fingerprint density at radius 3 is 2.23 bits per heavy atom. The van der Waals surface area contributed by atoms with Crippen molar-refractivity contribution in [2.45, 2.75) is 6.18 Å². The summed E-state index contributed by atoms with van der Waals surface area (Å²) in [5, 5.41) is 2.79. The Hall–Kier alpha value is -3.43. The van der Waals surface area contributed by atoms with Crippen LogP contribution < -0.4 is 19.7 Å². The summed E-state index contributed by atoms with van der Waals surface area (Å²) >= 11 is 0. The largest absolute Gasteiger partial charge is 0.471 e. The van der Waals surface area contributed by atoms with Crippen molar-refractivity contribution in [2.75, 3.05) is 43.2 Å². The summed E-state index contributed by atoms with van der Waals surface area (Å²) in [5.41, 5.74) is 1.80. The Labute approximate surface area is 170 Å². The highest BCUT2D eigenvalue weighted by atomic mass is 19.4. The van der Waals surface area contributed by atoms with Gasteiger partial charge in [0, 0.05) is 43.1 Å². The molecule has 2 heterocycles. The molecule has 0 saturated carbocycles. The zero-order valence-corrected chi connectivity index (χ0v) is 15.7. The number of piperazine rings is 1. The van der Waals surface area contributed by atoms with Gasteiger partial charge in [-0.1, -0.05) is 0 Å². The van der Waals surface area contributed by atoms with Crippen LogP contribution in [-0.4, -0.2) is 55.9 Å². The Morgan fingerprint density at radius 2 is 1.57 bits per heavy atom. The van der Waals surface area contributed by atoms with Crippen LogP contribution in [0, 0.1) is 0 Å². The maximum absolute atomic E-state index is 12.5. The van der Waals surface area contributed by atoms with E-state index in [9.17, 15) is 22.8 Å². The highest BCUT2D eigenvalue weighted by molar-refractivity contribution is 6.04. The molecule has 7 nitrogen and oxygen atoms in total. The zero-order chi connectivity index (χ0) is 21.3. The van der Waals surface area contributed by atoms with Crippen molar-refractivity contribution < 1.29 is 32.2 Å². The molecular formula is C20H18F3N3O4. The molecular weight excluding hydrogens is 403 g/mol. The lowest BCUT2D eigenvalue weighted by Crippen LogP contribution is -2.52. The van der Waals surface area contributed by atoms with E-state index < -0.39 is 12.1 Å². The van der Waals surface area contributed by atoms with E-state index in [2.05, 4.69) is 5.32 Å². The van der Waals surface area contributed by atoms with Crippen molar-refractivity contribution in [1.82, 2.24) is 4.90 Å². The third-order valence-corrected chi connectivity index (χ3v) is 4.93. The number of hydrogen-bond donors (Lipinski definition) is 1. The van der Waals surface area contributed by atoms with Crippen molar-refractivity contribution in [3.05, 3.63) is 48.0 Å². The highest BCUT2D eigenvalue weighted by Crippen LogP contribution is 2.32. The van der Waals surface area contributed by atoms with Gasteiger partial charge in [0.25, 0.3) is 5.91 Å². The number of alkyl halides is 3. The molecule has 0 radical (unpaired) electrons. The van der Waals surface area contributed by atoms with Crippen LogP contribution in [0.2, 0.25) is 0 Å². The smallest absolute Gasteiger partial charge is 0.454 e. The number of rotatable bonds is 3. The quantitative estimate of drug-likeness (QED) is 0.826. The molecule has 0 unspecified atom stereocenters. The van der Waals surface area contributed by atoms with Crippen LogP contribution >= 0.6 is 0 Å². The van der Waals surface area contributed by atoms with Gasteiger partial charge in [-0.25, -0.2) is 0 Å². The predicted octanol–water partition coefficient (Wildman–Crippen LogP) is 2.88. The molecule has 158 valence electrons. The van der Waals surface area contributed by atoms with Crippen LogP contribution in [-0.2, 0) is 4.79 Å². The molecule has 4 rings (SSSR count). The van der Waals surface area contributed by atoms with Crippen LogP contribution in [0.5, 0.6) is 11.5 Å². The summed E-state index contributed by atoms with van der Waals surface area (Å²) in [6.07, 6.45) is -4.85. The number of ether oxygens (including phenoxy) is 2. The van der Waals surface area contributed by atoms with Gasteiger partial charge in [-0.15, -0.1) is 0 Å². The van der Waals surface area contributed by atoms with Crippen LogP contribution in [0.1, 0.15) is 10.4 Å². The first-order valence-corrected chi connectivity index (χ1v) is 9.23. The lowest BCUT2D eigenvalue weighted by Gasteiger charge is -2.36. The molecule has 0 atom stereocenters. The fraction of sp³-hybridized carbons (Fsp3) is 0.300. The van der Waals surface area contributed by atoms with Gasteiger partial charge in [0.1, 0.15) is 0 Å². The number of carbonyl (C=O) groups excluding carboxylic acids is 2. The minimum Gasteiger partial charge on any atom is -0.454 e. The fourth-order valence-electron chi connectivity index (χ4n) is 3.34. The molecule has 0 spiro atoms. The lowest BCUT2D eigenvalue weighted by atomic mass is 10.1. The average molecular weight is 421 g/mol. The summed E-state index contributed by atoms with van der Waals surface area (Å²) < 4.78 is 48.1. The Morgan fingerprint density at radius 1 is 0.900 bits per heavy atom. The van der Waals surface area contributed by atoms with Crippen molar-refractivity contribution in [2.24, 2.45) is 0 Å². The first-order chi connectivity index (χ1) is 14.3. The van der Waals surface area contributed by atoms with E-state index in [1.54, 1.807) is 42.5 Å². The van der Waals surface area contributed by atoms with Gasteiger partial charge in [-0.3, -0.25) is 9.59 Å². The summed E-state index contributed by atoms with van der Waals surface area (Å²) in [4.78, 5) is 26.5. The van der Waals surface area contributed by atoms with Gasteiger partial charge in [0.15, 0.2) is 11.5 Å². The second-order valence-electron chi connectivity index (χ2n) is 6.85. The van der Waals surface area contributed by atoms with Crippen molar-refractivity contribution >= 4 is 23.2 Å². The summed E-state index contributed by atoms with van der Waals surface area (Å²) in [6, 6.07) is 11.9. The molecule has 2 aromatic carbocycles. The topological polar surface area (TPSA) is 71.1 Å². The molecule has 10 heteroatoms. The number of halogens is 3. The van der Waals surface area contributed by atoms with E-state index in [1.165, 1.54) is 0 Å². The van der Waals surface area contributed by atoms with E-state index in [4.69, 9.17) is 9.47 Å². The summed E-state index contributed by atoms with van der Waals surface area (Å²) in [7, 11) is 0. The normalized spacial score (nSPS) is 15.8. The van der Waals surface area contributed by atoms with E-state index in [1.807, 2.05) is 4.90 Å². The Bertz CT molecular complexity index is 955. The van der Waals surface area contributed by atoms with Crippen LogP contribution in [0.3, 0.4) is 0 Å². The molecule has 0 bridgehead atoms. The molecule has 1 fully saturated rings. The van der Waals surface area contributed by atoms with E-state index in [-0.39, 0.29) is 25.8 Å². The molecule has 1 saturated heterocycles. The van der Waals surface area contributed by atoms with E-state index >= 15 is 0 Å². The maximum Gasteiger partial charge on any atom is 0.471 e. The molecule has 2 aliphatic rings. The first kappa shape index (κ1) is 19.9. The molecule has 2 amide bonds. The average Bonchev–Trinajstić information content (AvgIpc) is 3.21. The number of hydrogen-bond acceptors (Lipinski definition) is 5. The van der Waals surface area contributed by atoms with Crippen LogP contribution in [0.4, 0.5) is 24.5 Å². The van der Waals surface area contributed by atoms with Crippen molar-refractivity contribution in [3.63, 3.8) is 0 Å². The molecule has 2 aromatic rings. The summed E-state index contributed by atoms with van der Waals surface area (Å²) in [5.74, 6) is -1.00. The number of fused-ring (bicyclic) bond motifs is 1. The molecule has 30 heavy (non-hydrogen) atoms. The van der Waals surface area contributed by atoms with Crippen molar-refractivity contribution in [1.29, 1.82) is 0 Å². The van der Waals surface area contributed by atoms with Crippen LogP contribution in [0.15, 0.2) is 42.5 Å². The number of carbonyl (C=O) groups is 2. The third-order valence-electron chi connectivity index (χ3n) is 4.93. The van der Waals surface area contributed by atoms with Crippen molar-refractivity contribution in [3.8, 4) is 11.5 Å². The number of amides is 2. The molecule has 2 aliphatic heterocycles. The minimum absolute atomic E-state index is 0.000937. The maximum atomic E-state index is 12.5. The standard InChI is InChI=1S/C20H18F3N3O4/c21-20(22,23)19(28)26-9-7-25(8-10-26)15-4-2-14(3-5-15)24-18(27)13-1-6-16-17(11-13)30-12-29-16/h1-6,11H,7-10,12H2,(H,24,27). The monoisotopic (exact) mass is 421 g/mol. The third kappa shape index (κ3) is 4.12. The van der Waals surface area contributed by atoms with Gasteiger partial charge in [0.05, 0.1) is 0 Å². The van der Waals surface area contributed by atoms with Crippen LogP contribution in [0.25, 0.3) is 0 Å². The molecule has 0 aliphatic carbocycles. The summed E-state index contributed by atoms with van der Waals surface area (Å²) in [6.45, 7) is 0.720.